The smallest absolute Gasteiger partial charge is 0.106 e. The molecule has 1 saturated carbocycles. The summed E-state index contributed by atoms with van der Waals surface area (Å²) in [4.78, 5) is 0. The molecule has 3 rings (SSSR count). The van der Waals surface area contributed by atoms with Crippen LogP contribution in [0.3, 0.4) is 0 Å². The van der Waals surface area contributed by atoms with E-state index in [0.29, 0.717) is 12.6 Å². The Morgan fingerprint density at radius 3 is 2.80 bits per heavy atom. The minimum absolute atomic E-state index is 0.396. The fourth-order valence-corrected chi connectivity index (χ4v) is 2.24. The summed E-state index contributed by atoms with van der Waals surface area (Å²) in [6.07, 6.45) is 4.42. The van der Waals surface area contributed by atoms with Gasteiger partial charge in [0, 0.05) is 18.8 Å². The third-order valence-electron chi connectivity index (χ3n) is 3.60. The molecule has 2 aromatic rings. The lowest BCUT2D eigenvalue weighted by Crippen LogP contribution is -2.28. The van der Waals surface area contributed by atoms with Crippen LogP contribution < -0.4 is 5.32 Å². The van der Waals surface area contributed by atoms with Gasteiger partial charge < -0.3 is 10.4 Å². The molecule has 1 aromatic carbocycles. The maximum absolute atomic E-state index is 10.6. The third-order valence-corrected chi connectivity index (χ3v) is 3.60. The van der Waals surface area contributed by atoms with Crippen LogP contribution in [0, 0.1) is 0 Å². The number of nitrogens with one attached hydrogen (secondary N) is 1. The minimum atomic E-state index is -0.948. The second kappa shape index (κ2) is 5.34. The van der Waals surface area contributed by atoms with Crippen molar-refractivity contribution >= 4 is 0 Å². The van der Waals surface area contributed by atoms with Gasteiger partial charge in [0.2, 0.25) is 0 Å². The van der Waals surface area contributed by atoms with Crippen molar-refractivity contribution in [3.05, 3.63) is 47.8 Å². The summed E-state index contributed by atoms with van der Waals surface area (Å²) < 4.78 is 1.71. The van der Waals surface area contributed by atoms with Crippen LogP contribution in [-0.2, 0) is 18.7 Å². The topological polar surface area (TPSA) is 63.0 Å². The number of rotatable bonds is 6. The zero-order valence-electron chi connectivity index (χ0n) is 11.7. The monoisotopic (exact) mass is 272 g/mol. The first-order valence-electron chi connectivity index (χ1n) is 7.04. The second-order valence-electron chi connectivity index (χ2n) is 5.70. The predicted molar refractivity (Wildman–Crippen MR) is 75.9 cm³/mol. The number of nitrogens with zero attached hydrogens (tertiary/aromatic N) is 3. The van der Waals surface area contributed by atoms with Gasteiger partial charge in [-0.15, -0.1) is 5.10 Å². The summed E-state index contributed by atoms with van der Waals surface area (Å²) in [5.41, 5.74) is 0.852. The molecule has 0 radical (unpaired) electrons. The first-order valence-corrected chi connectivity index (χ1v) is 7.04. The van der Waals surface area contributed by atoms with Crippen molar-refractivity contribution in [2.45, 2.75) is 44.5 Å². The molecule has 1 aromatic heterocycles. The Hall–Kier alpha value is -1.72. The summed E-state index contributed by atoms with van der Waals surface area (Å²) in [6.45, 7) is 2.94. The molecule has 1 aliphatic rings. The van der Waals surface area contributed by atoms with Crippen LogP contribution in [0.4, 0.5) is 0 Å². The molecular weight excluding hydrogens is 252 g/mol. The fourth-order valence-electron chi connectivity index (χ4n) is 2.24. The van der Waals surface area contributed by atoms with E-state index in [0.717, 1.165) is 17.8 Å². The van der Waals surface area contributed by atoms with E-state index in [9.17, 15) is 5.11 Å². The van der Waals surface area contributed by atoms with Crippen LogP contribution in [0.2, 0.25) is 0 Å². The summed E-state index contributed by atoms with van der Waals surface area (Å²) in [6, 6.07) is 10.3. The first kappa shape index (κ1) is 13.3. The van der Waals surface area contributed by atoms with Gasteiger partial charge in [-0.25, -0.2) is 4.68 Å². The van der Waals surface area contributed by atoms with E-state index in [2.05, 4.69) is 15.6 Å². The second-order valence-corrected chi connectivity index (χ2v) is 5.70. The lowest BCUT2D eigenvalue weighted by molar-refractivity contribution is 0.0341. The molecule has 1 unspecified atom stereocenters. The van der Waals surface area contributed by atoms with Gasteiger partial charge in [-0.1, -0.05) is 35.5 Å². The number of benzene rings is 1. The molecule has 5 heteroatoms. The molecule has 5 nitrogen and oxygen atoms in total. The Bertz CT molecular complexity index is 560. The van der Waals surface area contributed by atoms with Crippen molar-refractivity contribution in [1.29, 1.82) is 0 Å². The predicted octanol–water partition coefficient (Wildman–Crippen LogP) is 1.44. The highest BCUT2D eigenvalue weighted by Gasteiger charge is 2.24. The number of hydrogen-bond donors (Lipinski definition) is 2. The van der Waals surface area contributed by atoms with E-state index < -0.39 is 5.60 Å². The van der Waals surface area contributed by atoms with Gasteiger partial charge in [0.25, 0.3) is 0 Å². The highest BCUT2D eigenvalue weighted by molar-refractivity contribution is 5.21. The Labute approximate surface area is 118 Å². The summed E-state index contributed by atoms with van der Waals surface area (Å²) in [7, 11) is 0. The highest BCUT2D eigenvalue weighted by Crippen LogP contribution is 2.22. The zero-order valence-corrected chi connectivity index (χ0v) is 11.7. The molecule has 0 saturated heterocycles. The highest BCUT2D eigenvalue weighted by atomic mass is 16.3. The van der Waals surface area contributed by atoms with Gasteiger partial charge in [-0.3, -0.25) is 0 Å². The van der Waals surface area contributed by atoms with Crippen molar-refractivity contribution in [2.75, 3.05) is 0 Å². The Morgan fingerprint density at radius 1 is 1.35 bits per heavy atom. The summed E-state index contributed by atoms with van der Waals surface area (Å²) >= 11 is 0. The average Bonchev–Trinajstić information content (AvgIpc) is 3.18. The Morgan fingerprint density at radius 2 is 2.10 bits per heavy atom. The van der Waals surface area contributed by atoms with Crippen molar-refractivity contribution in [1.82, 2.24) is 20.3 Å². The van der Waals surface area contributed by atoms with Crippen LogP contribution in [0.1, 0.15) is 31.0 Å². The SMILES string of the molecule is CC(O)(Cn1cc(CNC2CC2)nn1)c1ccccc1. The van der Waals surface area contributed by atoms with Crippen molar-refractivity contribution in [3.8, 4) is 0 Å². The molecule has 0 aliphatic heterocycles. The molecule has 1 atom stereocenters. The molecule has 1 heterocycles. The van der Waals surface area contributed by atoms with Crippen molar-refractivity contribution in [2.24, 2.45) is 0 Å². The normalized spacial score (nSPS) is 17.9. The van der Waals surface area contributed by atoms with Crippen LogP contribution in [0.25, 0.3) is 0 Å². The Kier molecular flexibility index (Phi) is 3.54. The maximum Gasteiger partial charge on any atom is 0.106 e. The van der Waals surface area contributed by atoms with E-state index in [1.807, 2.05) is 36.5 Å². The third kappa shape index (κ3) is 3.23. The van der Waals surface area contributed by atoms with Gasteiger partial charge in [0.15, 0.2) is 0 Å². The van der Waals surface area contributed by atoms with Gasteiger partial charge in [0.1, 0.15) is 5.60 Å². The van der Waals surface area contributed by atoms with Crippen LogP contribution in [-0.4, -0.2) is 26.1 Å². The van der Waals surface area contributed by atoms with Gasteiger partial charge >= 0.3 is 0 Å². The average molecular weight is 272 g/mol. The summed E-state index contributed by atoms with van der Waals surface area (Å²) in [5.74, 6) is 0. The molecule has 20 heavy (non-hydrogen) atoms. The number of aromatic nitrogens is 3. The number of hydrogen-bond acceptors (Lipinski definition) is 4. The summed E-state index contributed by atoms with van der Waals surface area (Å²) in [5, 5.41) is 22.2. The molecule has 2 N–H and O–H groups in total. The van der Waals surface area contributed by atoms with Crippen molar-refractivity contribution in [3.63, 3.8) is 0 Å². The lowest BCUT2D eigenvalue weighted by atomic mass is 9.96. The fraction of sp³-hybridized carbons (Fsp3) is 0.467. The molecular formula is C15H20N4O. The van der Waals surface area contributed by atoms with Crippen LogP contribution in [0.5, 0.6) is 0 Å². The van der Waals surface area contributed by atoms with Gasteiger partial charge in [0.05, 0.1) is 12.2 Å². The molecule has 0 amide bonds. The van der Waals surface area contributed by atoms with E-state index in [4.69, 9.17) is 0 Å². The lowest BCUT2D eigenvalue weighted by Gasteiger charge is -2.23. The van der Waals surface area contributed by atoms with Gasteiger partial charge in [-0.2, -0.15) is 0 Å². The van der Waals surface area contributed by atoms with Crippen LogP contribution in [0.15, 0.2) is 36.5 Å². The van der Waals surface area contributed by atoms with E-state index in [1.54, 1.807) is 11.6 Å². The standard InChI is InChI=1S/C15H20N4O/c1-15(20,12-5-3-2-4-6-12)11-19-10-14(17-18-19)9-16-13-7-8-13/h2-6,10,13,16,20H,7-9,11H2,1H3. The zero-order chi connectivity index (χ0) is 14.0. The van der Waals surface area contributed by atoms with E-state index in [1.165, 1.54) is 12.8 Å². The number of aliphatic hydroxyl groups is 1. The first-order chi connectivity index (χ1) is 9.63. The molecule has 1 aliphatic carbocycles. The van der Waals surface area contributed by atoms with E-state index >= 15 is 0 Å². The largest absolute Gasteiger partial charge is 0.384 e. The molecule has 106 valence electrons. The quantitative estimate of drug-likeness (QED) is 0.835. The van der Waals surface area contributed by atoms with Crippen molar-refractivity contribution < 1.29 is 5.11 Å². The minimum Gasteiger partial charge on any atom is -0.384 e. The van der Waals surface area contributed by atoms with E-state index in [-0.39, 0.29) is 0 Å². The van der Waals surface area contributed by atoms with Gasteiger partial charge in [-0.05, 0) is 25.3 Å². The maximum atomic E-state index is 10.6. The Balaban J connectivity index is 1.64. The van der Waals surface area contributed by atoms with Crippen LogP contribution >= 0.6 is 0 Å². The molecule has 1 fully saturated rings. The molecule has 0 bridgehead atoms. The molecule has 0 spiro atoms.